The van der Waals surface area contributed by atoms with Gasteiger partial charge in [-0.1, -0.05) is 12.1 Å². The fourth-order valence-corrected chi connectivity index (χ4v) is 3.75. The van der Waals surface area contributed by atoms with E-state index in [1.165, 1.54) is 12.1 Å². The Bertz CT molecular complexity index is 805. The molecule has 0 spiro atoms. The van der Waals surface area contributed by atoms with E-state index in [0.717, 1.165) is 17.7 Å². The van der Waals surface area contributed by atoms with Gasteiger partial charge in [0.25, 0.3) is 0 Å². The van der Waals surface area contributed by atoms with Gasteiger partial charge in [-0.15, -0.1) is 0 Å². The Morgan fingerprint density at radius 3 is 2.65 bits per heavy atom. The molecule has 0 fully saturated rings. The zero-order chi connectivity index (χ0) is 16.4. The number of ether oxygens (including phenoxy) is 2. The van der Waals surface area contributed by atoms with Crippen LogP contribution in [0.4, 0.5) is 4.39 Å². The van der Waals surface area contributed by atoms with Crippen LogP contribution < -0.4 is 14.2 Å². The number of benzene rings is 2. The van der Waals surface area contributed by atoms with Crippen molar-refractivity contribution in [1.29, 1.82) is 0 Å². The number of halogens is 1. The quantitative estimate of drug-likeness (QED) is 0.928. The van der Waals surface area contributed by atoms with Crippen LogP contribution in [0.1, 0.15) is 5.56 Å². The van der Waals surface area contributed by atoms with E-state index in [1.54, 1.807) is 13.2 Å². The average molecular weight is 337 g/mol. The minimum absolute atomic E-state index is 0.0235. The Hall–Kier alpha value is -2.12. The van der Waals surface area contributed by atoms with Crippen molar-refractivity contribution in [3.63, 3.8) is 0 Å². The van der Waals surface area contributed by atoms with Crippen LogP contribution in [0.5, 0.6) is 11.5 Å². The molecule has 1 aliphatic heterocycles. The van der Waals surface area contributed by atoms with Crippen molar-refractivity contribution in [2.75, 3.05) is 13.7 Å². The first kappa shape index (κ1) is 15.8. The highest BCUT2D eigenvalue weighted by Crippen LogP contribution is 2.34. The molecule has 0 amide bonds. The van der Waals surface area contributed by atoms with E-state index in [1.807, 2.05) is 12.1 Å². The molecular weight excluding hydrogens is 321 g/mol. The highest BCUT2D eigenvalue weighted by atomic mass is 32.2. The SMILES string of the molecule is COc1cccc2c1OC[C@@H](NS(=O)(=O)c1ccc(F)cc1)C2. The number of rotatable bonds is 4. The predicted octanol–water partition coefficient (Wildman–Crippen LogP) is 2.12. The lowest BCUT2D eigenvalue weighted by molar-refractivity contribution is 0.240. The number of methoxy groups -OCH3 is 1. The number of nitrogens with one attached hydrogen (secondary N) is 1. The summed E-state index contributed by atoms with van der Waals surface area (Å²) in [5, 5.41) is 0. The van der Waals surface area contributed by atoms with Crippen LogP contribution in [-0.2, 0) is 16.4 Å². The largest absolute Gasteiger partial charge is 0.493 e. The maximum absolute atomic E-state index is 12.9. The fourth-order valence-electron chi connectivity index (χ4n) is 2.53. The van der Waals surface area contributed by atoms with Crippen LogP contribution in [0.2, 0.25) is 0 Å². The molecule has 23 heavy (non-hydrogen) atoms. The molecule has 0 radical (unpaired) electrons. The van der Waals surface area contributed by atoms with E-state index >= 15 is 0 Å². The van der Waals surface area contributed by atoms with Crippen LogP contribution in [0.25, 0.3) is 0 Å². The van der Waals surface area contributed by atoms with Crippen LogP contribution in [0.15, 0.2) is 47.4 Å². The predicted molar refractivity (Wildman–Crippen MR) is 82.7 cm³/mol. The van der Waals surface area contributed by atoms with Crippen molar-refractivity contribution < 1.29 is 22.3 Å². The van der Waals surface area contributed by atoms with Gasteiger partial charge in [-0.3, -0.25) is 0 Å². The molecule has 1 atom stereocenters. The van der Waals surface area contributed by atoms with Gasteiger partial charge < -0.3 is 9.47 Å². The molecule has 3 rings (SSSR count). The van der Waals surface area contributed by atoms with Crippen molar-refractivity contribution >= 4 is 10.0 Å². The molecule has 2 aromatic rings. The molecule has 7 heteroatoms. The van der Waals surface area contributed by atoms with Gasteiger partial charge in [0.1, 0.15) is 12.4 Å². The minimum atomic E-state index is -3.72. The maximum Gasteiger partial charge on any atom is 0.240 e. The zero-order valence-corrected chi connectivity index (χ0v) is 13.3. The number of fused-ring (bicyclic) bond motifs is 1. The van der Waals surface area contributed by atoms with Gasteiger partial charge in [0.15, 0.2) is 11.5 Å². The summed E-state index contributed by atoms with van der Waals surface area (Å²) in [7, 11) is -2.16. The van der Waals surface area contributed by atoms with E-state index in [-0.39, 0.29) is 11.5 Å². The number of hydrogen-bond donors (Lipinski definition) is 1. The monoisotopic (exact) mass is 337 g/mol. The van der Waals surface area contributed by atoms with Crippen molar-refractivity contribution in [2.24, 2.45) is 0 Å². The second-order valence-electron chi connectivity index (χ2n) is 5.24. The lowest BCUT2D eigenvalue weighted by atomic mass is 10.0. The molecule has 1 heterocycles. The second-order valence-corrected chi connectivity index (χ2v) is 6.95. The summed E-state index contributed by atoms with van der Waals surface area (Å²) in [6.45, 7) is 0.202. The molecule has 5 nitrogen and oxygen atoms in total. The van der Waals surface area contributed by atoms with Crippen molar-refractivity contribution in [1.82, 2.24) is 4.72 Å². The summed E-state index contributed by atoms with van der Waals surface area (Å²) in [6.07, 6.45) is 0.493. The lowest BCUT2D eigenvalue weighted by Gasteiger charge is -2.27. The Morgan fingerprint density at radius 2 is 1.96 bits per heavy atom. The molecule has 0 bridgehead atoms. The number of hydrogen-bond acceptors (Lipinski definition) is 4. The first-order valence-corrected chi connectivity index (χ1v) is 8.54. The fraction of sp³-hybridized carbons (Fsp3) is 0.250. The van der Waals surface area contributed by atoms with Gasteiger partial charge in [-0.05, 0) is 42.3 Å². The summed E-state index contributed by atoms with van der Waals surface area (Å²) >= 11 is 0. The van der Waals surface area contributed by atoms with Gasteiger partial charge in [0.2, 0.25) is 10.0 Å². The van der Waals surface area contributed by atoms with Crippen LogP contribution in [-0.4, -0.2) is 28.2 Å². The maximum atomic E-state index is 12.9. The molecular formula is C16H16FNO4S. The van der Waals surface area contributed by atoms with Gasteiger partial charge in [-0.25, -0.2) is 17.5 Å². The molecule has 1 aliphatic rings. The third kappa shape index (κ3) is 3.30. The van der Waals surface area contributed by atoms with Gasteiger partial charge >= 0.3 is 0 Å². The summed E-state index contributed by atoms with van der Waals surface area (Å²) in [6, 6.07) is 9.80. The summed E-state index contributed by atoms with van der Waals surface area (Å²) in [4.78, 5) is 0.0235. The molecule has 0 aliphatic carbocycles. The first-order chi connectivity index (χ1) is 11.0. The summed E-state index contributed by atoms with van der Waals surface area (Å²) in [5.74, 6) is 0.792. The van der Waals surface area contributed by atoms with Crippen LogP contribution in [0.3, 0.4) is 0 Å². The Labute approximate surface area is 134 Å². The van der Waals surface area contributed by atoms with E-state index < -0.39 is 21.9 Å². The van der Waals surface area contributed by atoms with E-state index in [4.69, 9.17) is 9.47 Å². The van der Waals surface area contributed by atoms with E-state index in [9.17, 15) is 12.8 Å². The van der Waals surface area contributed by atoms with Crippen molar-refractivity contribution in [3.05, 3.63) is 53.8 Å². The standard InChI is InChI=1S/C16H16FNO4S/c1-21-15-4-2-3-11-9-13(10-22-16(11)15)18-23(19,20)14-7-5-12(17)6-8-14/h2-8,13,18H,9-10H2,1H3/t13-/m0/s1. The second kappa shape index (κ2) is 6.17. The molecule has 0 saturated heterocycles. The smallest absolute Gasteiger partial charge is 0.240 e. The van der Waals surface area contributed by atoms with Gasteiger partial charge in [0, 0.05) is 0 Å². The van der Waals surface area contributed by atoms with Crippen molar-refractivity contribution in [3.8, 4) is 11.5 Å². The number of para-hydroxylation sites is 1. The minimum Gasteiger partial charge on any atom is -0.493 e. The number of sulfonamides is 1. The molecule has 0 aromatic heterocycles. The topological polar surface area (TPSA) is 64.6 Å². The van der Waals surface area contributed by atoms with E-state index in [2.05, 4.69) is 4.72 Å². The Kier molecular flexibility index (Phi) is 4.23. The molecule has 0 saturated carbocycles. The lowest BCUT2D eigenvalue weighted by Crippen LogP contribution is -2.42. The highest BCUT2D eigenvalue weighted by Gasteiger charge is 2.27. The molecule has 2 aromatic carbocycles. The van der Waals surface area contributed by atoms with Gasteiger partial charge in [-0.2, -0.15) is 0 Å². The van der Waals surface area contributed by atoms with Crippen LogP contribution >= 0.6 is 0 Å². The normalized spacial score (nSPS) is 17.2. The zero-order valence-electron chi connectivity index (χ0n) is 12.5. The summed E-state index contributed by atoms with van der Waals surface area (Å²) in [5.41, 5.74) is 0.877. The van der Waals surface area contributed by atoms with E-state index in [0.29, 0.717) is 17.9 Å². The highest BCUT2D eigenvalue weighted by molar-refractivity contribution is 7.89. The third-order valence-electron chi connectivity index (χ3n) is 3.62. The Balaban J connectivity index is 1.78. The summed E-state index contributed by atoms with van der Waals surface area (Å²) < 4.78 is 51.1. The Morgan fingerprint density at radius 1 is 1.22 bits per heavy atom. The van der Waals surface area contributed by atoms with Gasteiger partial charge in [0.05, 0.1) is 18.0 Å². The first-order valence-electron chi connectivity index (χ1n) is 7.06. The molecule has 1 N–H and O–H groups in total. The molecule has 122 valence electrons. The van der Waals surface area contributed by atoms with Crippen LogP contribution in [0, 0.1) is 5.82 Å². The van der Waals surface area contributed by atoms with Crippen molar-refractivity contribution in [2.45, 2.75) is 17.4 Å². The third-order valence-corrected chi connectivity index (χ3v) is 5.16. The molecule has 0 unspecified atom stereocenters. The average Bonchev–Trinajstić information content (AvgIpc) is 2.54.